The number of aromatic nitrogens is 4. The zero-order valence-corrected chi connectivity index (χ0v) is 16.7. The molecule has 3 N–H and O–H groups in total. The highest BCUT2D eigenvalue weighted by Gasteiger charge is 2.16. The average molecular weight is 411 g/mol. The van der Waals surface area contributed by atoms with Gasteiger partial charge in [0.1, 0.15) is 5.75 Å². The normalized spacial score (nSPS) is 10.8. The lowest BCUT2D eigenvalue weighted by atomic mass is 10.2. The van der Waals surface area contributed by atoms with Crippen LogP contribution in [0.3, 0.4) is 0 Å². The minimum Gasteiger partial charge on any atom is -0.496 e. The molecule has 2 aromatic carbocycles. The van der Waals surface area contributed by atoms with Gasteiger partial charge in [0, 0.05) is 16.8 Å². The Balaban J connectivity index is 1.44. The van der Waals surface area contributed by atoms with Gasteiger partial charge in [-0.3, -0.25) is 0 Å². The van der Waals surface area contributed by atoms with E-state index in [2.05, 4.69) is 20.5 Å². The minimum atomic E-state index is 0.560. The van der Waals surface area contributed by atoms with Crippen molar-refractivity contribution < 1.29 is 4.74 Å². The molecule has 142 valence electrons. The summed E-state index contributed by atoms with van der Waals surface area (Å²) in [6, 6.07) is 17.6. The second-order valence-electron chi connectivity index (χ2n) is 5.80. The molecule has 0 amide bonds. The molecule has 0 spiro atoms. The van der Waals surface area contributed by atoms with Crippen LogP contribution in [-0.4, -0.2) is 27.0 Å². The van der Waals surface area contributed by atoms with Crippen LogP contribution in [0.25, 0.3) is 11.4 Å². The molecule has 28 heavy (non-hydrogen) atoms. The number of ether oxygens (including phenoxy) is 1. The average Bonchev–Trinajstić information content (AvgIpc) is 3.33. The number of nitrogens with two attached hydrogens (primary N) is 1. The number of hydrogen-bond donors (Lipinski definition) is 2. The molecule has 9 heteroatoms. The number of thioether (sulfide) groups is 1. The van der Waals surface area contributed by atoms with Crippen molar-refractivity contribution in [3.8, 4) is 17.1 Å². The first-order valence-corrected chi connectivity index (χ1v) is 10.3. The van der Waals surface area contributed by atoms with Crippen LogP contribution < -0.4 is 15.9 Å². The number of hydrogen-bond acceptors (Lipinski definition) is 8. The van der Waals surface area contributed by atoms with Crippen molar-refractivity contribution in [2.24, 2.45) is 0 Å². The maximum Gasteiger partial charge on any atom is 0.210 e. The third-order valence-electron chi connectivity index (χ3n) is 3.94. The largest absolute Gasteiger partial charge is 0.496 e. The Morgan fingerprint density at radius 3 is 2.71 bits per heavy atom. The van der Waals surface area contributed by atoms with E-state index < -0.39 is 0 Å². The summed E-state index contributed by atoms with van der Waals surface area (Å²) in [7, 11) is 1.62. The zero-order valence-electron chi connectivity index (χ0n) is 15.1. The van der Waals surface area contributed by atoms with Gasteiger partial charge in [-0.25, -0.2) is 9.66 Å². The van der Waals surface area contributed by atoms with E-state index in [0.29, 0.717) is 22.5 Å². The molecule has 0 aliphatic carbocycles. The lowest BCUT2D eigenvalue weighted by Gasteiger charge is -2.07. The number of para-hydroxylation sites is 2. The summed E-state index contributed by atoms with van der Waals surface area (Å²) >= 11 is 3.05. The van der Waals surface area contributed by atoms with Gasteiger partial charge in [-0.1, -0.05) is 42.1 Å². The monoisotopic (exact) mass is 410 g/mol. The van der Waals surface area contributed by atoms with Crippen LogP contribution in [0.4, 0.5) is 10.8 Å². The fraction of sp³-hybridized carbons (Fsp3) is 0.105. The van der Waals surface area contributed by atoms with Gasteiger partial charge in [-0.15, -0.1) is 21.5 Å². The summed E-state index contributed by atoms with van der Waals surface area (Å²) < 4.78 is 6.87. The van der Waals surface area contributed by atoms with Crippen LogP contribution in [0.1, 0.15) is 5.69 Å². The Morgan fingerprint density at radius 1 is 1.11 bits per heavy atom. The molecule has 4 rings (SSSR count). The molecule has 0 aliphatic rings. The second kappa shape index (κ2) is 8.32. The van der Waals surface area contributed by atoms with Crippen molar-refractivity contribution in [2.45, 2.75) is 10.9 Å². The van der Waals surface area contributed by atoms with Gasteiger partial charge in [0.25, 0.3) is 0 Å². The third-order valence-corrected chi connectivity index (χ3v) is 5.72. The van der Waals surface area contributed by atoms with E-state index in [-0.39, 0.29) is 0 Å². The molecule has 7 nitrogen and oxygen atoms in total. The quantitative estimate of drug-likeness (QED) is 0.349. The third kappa shape index (κ3) is 3.95. The summed E-state index contributed by atoms with van der Waals surface area (Å²) in [5.41, 5.74) is 2.77. The lowest BCUT2D eigenvalue weighted by molar-refractivity contribution is 0.416. The number of thiazole rings is 1. The summed E-state index contributed by atoms with van der Waals surface area (Å²) in [6.07, 6.45) is 0. The number of nitrogens with zero attached hydrogens (tertiary/aromatic N) is 4. The van der Waals surface area contributed by atoms with Gasteiger partial charge in [0.15, 0.2) is 11.0 Å². The van der Waals surface area contributed by atoms with Gasteiger partial charge in [0.05, 0.1) is 18.4 Å². The summed E-state index contributed by atoms with van der Waals surface area (Å²) in [6.45, 7) is 0. The molecule has 0 saturated heterocycles. The highest BCUT2D eigenvalue weighted by atomic mass is 32.2. The van der Waals surface area contributed by atoms with E-state index in [9.17, 15) is 0 Å². The molecule has 2 heterocycles. The van der Waals surface area contributed by atoms with Gasteiger partial charge in [-0.2, -0.15) is 0 Å². The molecule has 0 fully saturated rings. The Morgan fingerprint density at radius 2 is 1.89 bits per heavy atom. The number of anilines is 2. The second-order valence-corrected chi connectivity index (χ2v) is 7.60. The van der Waals surface area contributed by atoms with Gasteiger partial charge >= 0.3 is 0 Å². The van der Waals surface area contributed by atoms with Crippen molar-refractivity contribution >= 4 is 33.9 Å². The minimum absolute atomic E-state index is 0.560. The summed E-state index contributed by atoms with van der Waals surface area (Å²) in [4.78, 5) is 4.61. The molecule has 0 unspecified atom stereocenters. The Kier molecular flexibility index (Phi) is 5.45. The number of nitrogens with one attached hydrogen (secondary N) is 1. The Hall–Kier alpha value is -3.04. The van der Waals surface area contributed by atoms with E-state index in [0.717, 1.165) is 22.1 Å². The highest BCUT2D eigenvalue weighted by Crippen LogP contribution is 2.30. The number of benzene rings is 2. The molecule has 4 aromatic rings. The van der Waals surface area contributed by atoms with Crippen LogP contribution in [0.2, 0.25) is 0 Å². The van der Waals surface area contributed by atoms with Crippen LogP contribution in [0.15, 0.2) is 65.1 Å². The SMILES string of the molecule is COc1ccccc1-c1nnc(SCc2csc(Nc3ccccc3)n2)n1N. The predicted octanol–water partition coefficient (Wildman–Crippen LogP) is 4.16. The van der Waals surface area contributed by atoms with Crippen molar-refractivity contribution in [1.29, 1.82) is 0 Å². The molecule has 0 radical (unpaired) electrons. The van der Waals surface area contributed by atoms with Crippen molar-refractivity contribution in [2.75, 3.05) is 18.3 Å². The van der Waals surface area contributed by atoms with Crippen LogP contribution in [0, 0.1) is 0 Å². The molecule has 0 saturated carbocycles. The standard InChI is InChI=1S/C19H18N6OS2/c1-26-16-10-6-5-9-15(16)17-23-24-19(25(17)20)28-12-14-11-27-18(22-14)21-13-7-3-2-4-8-13/h2-11H,12,20H2,1H3,(H,21,22). The van der Waals surface area contributed by atoms with Crippen molar-refractivity contribution in [3.05, 3.63) is 65.7 Å². The molecule has 0 aliphatic heterocycles. The Bertz CT molecular complexity index is 1060. The van der Waals surface area contributed by atoms with Crippen LogP contribution in [-0.2, 0) is 5.75 Å². The predicted molar refractivity (Wildman–Crippen MR) is 114 cm³/mol. The van der Waals surface area contributed by atoms with Gasteiger partial charge in [0.2, 0.25) is 5.16 Å². The molecular weight excluding hydrogens is 392 g/mol. The van der Waals surface area contributed by atoms with Crippen LogP contribution >= 0.6 is 23.1 Å². The van der Waals surface area contributed by atoms with E-state index in [1.807, 2.05) is 60.0 Å². The van der Waals surface area contributed by atoms with E-state index >= 15 is 0 Å². The van der Waals surface area contributed by atoms with E-state index in [1.165, 1.54) is 16.4 Å². The molecule has 0 bridgehead atoms. The maximum absolute atomic E-state index is 6.22. The first-order valence-electron chi connectivity index (χ1n) is 8.48. The topological polar surface area (TPSA) is 90.9 Å². The smallest absolute Gasteiger partial charge is 0.210 e. The number of rotatable bonds is 7. The molecule has 2 aromatic heterocycles. The first kappa shape index (κ1) is 18.3. The Labute approximate surface area is 170 Å². The molecule has 0 atom stereocenters. The fourth-order valence-corrected chi connectivity index (χ4v) is 4.19. The zero-order chi connectivity index (χ0) is 19.3. The number of methoxy groups -OCH3 is 1. The molecular formula is C19H18N6OS2. The highest BCUT2D eigenvalue weighted by molar-refractivity contribution is 7.98. The summed E-state index contributed by atoms with van der Waals surface area (Å²) in [5, 5.41) is 15.2. The van der Waals surface area contributed by atoms with Crippen molar-refractivity contribution in [3.63, 3.8) is 0 Å². The maximum atomic E-state index is 6.22. The fourth-order valence-electron chi connectivity index (χ4n) is 2.60. The van der Waals surface area contributed by atoms with Gasteiger partial charge in [-0.05, 0) is 24.3 Å². The summed E-state index contributed by atoms with van der Waals surface area (Å²) in [5.74, 6) is 8.13. The van der Waals surface area contributed by atoms with E-state index in [1.54, 1.807) is 18.4 Å². The lowest BCUT2D eigenvalue weighted by Crippen LogP contribution is -2.12. The number of nitrogen functional groups attached to an aromatic ring is 1. The van der Waals surface area contributed by atoms with Crippen molar-refractivity contribution in [1.82, 2.24) is 19.9 Å². The van der Waals surface area contributed by atoms with E-state index in [4.69, 9.17) is 10.6 Å². The first-order chi connectivity index (χ1) is 13.7. The van der Waals surface area contributed by atoms with Crippen LogP contribution in [0.5, 0.6) is 5.75 Å². The van der Waals surface area contributed by atoms with Gasteiger partial charge < -0.3 is 15.9 Å².